The molecule has 2 rings (SSSR count). The van der Waals surface area contributed by atoms with Gasteiger partial charge in [0.25, 0.3) is 5.88 Å². The quantitative estimate of drug-likeness (QED) is 0.854. The fourth-order valence-electron chi connectivity index (χ4n) is 1.91. The molecule has 0 aliphatic carbocycles. The van der Waals surface area contributed by atoms with E-state index in [0.29, 0.717) is 29.6 Å². The number of anilines is 1. The van der Waals surface area contributed by atoms with Crippen LogP contribution in [0.3, 0.4) is 0 Å². The van der Waals surface area contributed by atoms with Gasteiger partial charge in [-0.1, -0.05) is 13.8 Å². The van der Waals surface area contributed by atoms with Crippen molar-refractivity contribution in [1.82, 2.24) is 9.55 Å². The minimum atomic E-state index is -0.282. The number of nitrogens with two attached hydrogens (primary N) is 1. The number of methoxy groups -OCH3 is 1. The van der Waals surface area contributed by atoms with Crippen molar-refractivity contribution in [3.63, 3.8) is 0 Å². The highest BCUT2D eigenvalue weighted by Crippen LogP contribution is 2.31. The summed E-state index contributed by atoms with van der Waals surface area (Å²) in [6.07, 6.45) is 3.18. The standard InChI is InChI=1S/C15H19N3O3/c1-10(2)9-18-7-6-17-14(15(18)19)21-13-8-11(16)4-5-12(13)20-3/h4-8,10H,9,16H2,1-3H3. The first-order chi connectivity index (χ1) is 10.0. The molecule has 0 radical (unpaired) electrons. The summed E-state index contributed by atoms with van der Waals surface area (Å²) in [5.74, 6) is 1.20. The first-order valence-corrected chi connectivity index (χ1v) is 6.68. The third-order valence-electron chi connectivity index (χ3n) is 2.84. The summed E-state index contributed by atoms with van der Waals surface area (Å²) in [6.45, 7) is 4.68. The maximum absolute atomic E-state index is 12.3. The second kappa shape index (κ2) is 6.30. The average Bonchev–Trinajstić information content (AvgIpc) is 2.43. The average molecular weight is 289 g/mol. The minimum absolute atomic E-state index is 0.00190. The van der Waals surface area contributed by atoms with Gasteiger partial charge in [-0.15, -0.1) is 0 Å². The molecule has 0 fully saturated rings. The molecule has 1 heterocycles. The normalized spacial score (nSPS) is 10.7. The lowest BCUT2D eigenvalue weighted by Crippen LogP contribution is -2.23. The van der Waals surface area contributed by atoms with Gasteiger partial charge in [0.1, 0.15) is 0 Å². The lowest BCUT2D eigenvalue weighted by molar-refractivity contribution is 0.368. The highest BCUT2D eigenvalue weighted by molar-refractivity contribution is 5.52. The lowest BCUT2D eigenvalue weighted by Gasteiger charge is -2.12. The Balaban J connectivity index is 2.36. The number of hydrogen-bond acceptors (Lipinski definition) is 5. The minimum Gasteiger partial charge on any atom is -0.493 e. The smallest absolute Gasteiger partial charge is 0.313 e. The molecule has 21 heavy (non-hydrogen) atoms. The van der Waals surface area contributed by atoms with Crippen molar-refractivity contribution in [2.75, 3.05) is 12.8 Å². The van der Waals surface area contributed by atoms with E-state index >= 15 is 0 Å². The van der Waals surface area contributed by atoms with Crippen molar-refractivity contribution < 1.29 is 9.47 Å². The summed E-state index contributed by atoms with van der Waals surface area (Å²) >= 11 is 0. The van der Waals surface area contributed by atoms with Crippen LogP contribution in [-0.2, 0) is 6.54 Å². The Labute approximate surface area is 123 Å². The van der Waals surface area contributed by atoms with Crippen molar-refractivity contribution >= 4 is 5.69 Å². The Hall–Kier alpha value is -2.50. The van der Waals surface area contributed by atoms with E-state index in [0.717, 1.165) is 0 Å². The Morgan fingerprint density at radius 2 is 2.10 bits per heavy atom. The molecule has 1 aromatic carbocycles. The van der Waals surface area contributed by atoms with E-state index < -0.39 is 0 Å². The van der Waals surface area contributed by atoms with Gasteiger partial charge < -0.3 is 19.8 Å². The van der Waals surface area contributed by atoms with E-state index in [2.05, 4.69) is 4.98 Å². The summed E-state index contributed by atoms with van der Waals surface area (Å²) in [6, 6.07) is 4.97. The van der Waals surface area contributed by atoms with Gasteiger partial charge in [-0.25, -0.2) is 4.98 Å². The molecule has 2 N–H and O–H groups in total. The summed E-state index contributed by atoms with van der Waals surface area (Å²) in [7, 11) is 1.52. The maximum Gasteiger partial charge on any atom is 0.313 e. The van der Waals surface area contributed by atoms with Crippen LogP contribution in [0.2, 0.25) is 0 Å². The topological polar surface area (TPSA) is 79.4 Å². The first-order valence-electron chi connectivity index (χ1n) is 6.68. The monoisotopic (exact) mass is 289 g/mol. The first kappa shape index (κ1) is 14.9. The molecule has 0 saturated heterocycles. The van der Waals surface area contributed by atoms with Crippen molar-refractivity contribution in [3.05, 3.63) is 40.9 Å². The van der Waals surface area contributed by atoms with Gasteiger partial charge in [0, 0.05) is 30.7 Å². The fraction of sp³-hybridized carbons (Fsp3) is 0.333. The predicted octanol–water partition coefficient (Wildman–Crippen LogP) is 2.28. The number of nitrogens with zero attached hydrogens (tertiary/aromatic N) is 2. The molecule has 1 aromatic heterocycles. The van der Waals surface area contributed by atoms with Crippen LogP contribution in [0.25, 0.3) is 0 Å². The molecule has 0 saturated carbocycles. The SMILES string of the molecule is COc1ccc(N)cc1Oc1nccn(CC(C)C)c1=O. The van der Waals surface area contributed by atoms with E-state index in [1.54, 1.807) is 29.0 Å². The van der Waals surface area contributed by atoms with Gasteiger partial charge in [-0.2, -0.15) is 0 Å². The molecule has 2 aromatic rings. The number of hydrogen-bond donors (Lipinski definition) is 1. The summed E-state index contributed by atoms with van der Waals surface area (Å²) < 4.78 is 12.3. The van der Waals surface area contributed by atoms with Crippen LogP contribution in [0.15, 0.2) is 35.4 Å². The van der Waals surface area contributed by atoms with Gasteiger partial charge in [-0.05, 0) is 18.1 Å². The van der Waals surface area contributed by atoms with Crippen LogP contribution < -0.4 is 20.8 Å². The summed E-state index contributed by atoms with van der Waals surface area (Å²) in [5.41, 5.74) is 5.97. The van der Waals surface area contributed by atoms with E-state index in [1.165, 1.54) is 13.3 Å². The van der Waals surface area contributed by atoms with E-state index in [1.807, 2.05) is 13.8 Å². The predicted molar refractivity (Wildman–Crippen MR) is 80.8 cm³/mol. The summed E-state index contributed by atoms with van der Waals surface area (Å²) in [5, 5.41) is 0. The van der Waals surface area contributed by atoms with Crippen LogP contribution >= 0.6 is 0 Å². The molecule has 0 atom stereocenters. The van der Waals surface area contributed by atoms with E-state index in [-0.39, 0.29) is 11.4 Å². The van der Waals surface area contributed by atoms with Gasteiger partial charge in [-0.3, -0.25) is 4.79 Å². The third kappa shape index (κ3) is 3.53. The Morgan fingerprint density at radius 3 is 2.76 bits per heavy atom. The highest BCUT2D eigenvalue weighted by atomic mass is 16.5. The zero-order chi connectivity index (χ0) is 15.4. The second-order valence-electron chi connectivity index (χ2n) is 5.10. The van der Waals surface area contributed by atoms with Gasteiger partial charge >= 0.3 is 5.56 Å². The molecule has 0 amide bonds. The van der Waals surface area contributed by atoms with Crippen LogP contribution in [-0.4, -0.2) is 16.7 Å². The fourth-order valence-corrected chi connectivity index (χ4v) is 1.91. The summed E-state index contributed by atoms with van der Waals surface area (Å²) in [4.78, 5) is 16.3. The van der Waals surface area contributed by atoms with Crippen LogP contribution in [0, 0.1) is 5.92 Å². The van der Waals surface area contributed by atoms with Crippen molar-refractivity contribution in [2.24, 2.45) is 5.92 Å². The van der Waals surface area contributed by atoms with Gasteiger partial charge in [0.2, 0.25) is 0 Å². The Morgan fingerprint density at radius 1 is 1.33 bits per heavy atom. The molecule has 0 aliphatic rings. The highest BCUT2D eigenvalue weighted by Gasteiger charge is 2.12. The van der Waals surface area contributed by atoms with Crippen molar-refractivity contribution in [1.29, 1.82) is 0 Å². The van der Waals surface area contributed by atoms with Crippen LogP contribution in [0.5, 0.6) is 17.4 Å². The number of rotatable bonds is 5. The number of ether oxygens (including phenoxy) is 2. The molecule has 0 spiro atoms. The maximum atomic E-state index is 12.3. The molecule has 6 nitrogen and oxygen atoms in total. The van der Waals surface area contributed by atoms with Crippen LogP contribution in [0.1, 0.15) is 13.8 Å². The van der Waals surface area contributed by atoms with E-state index in [4.69, 9.17) is 15.2 Å². The third-order valence-corrected chi connectivity index (χ3v) is 2.84. The molecule has 6 heteroatoms. The zero-order valence-corrected chi connectivity index (χ0v) is 12.4. The van der Waals surface area contributed by atoms with Crippen molar-refractivity contribution in [2.45, 2.75) is 20.4 Å². The van der Waals surface area contributed by atoms with E-state index in [9.17, 15) is 4.79 Å². The van der Waals surface area contributed by atoms with Gasteiger partial charge in [0.05, 0.1) is 7.11 Å². The Kier molecular flexibility index (Phi) is 4.47. The molecule has 0 unspecified atom stereocenters. The number of benzene rings is 1. The Bertz CT molecular complexity index is 680. The molecule has 0 bridgehead atoms. The van der Waals surface area contributed by atoms with Crippen molar-refractivity contribution in [3.8, 4) is 17.4 Å². The molecule has 0 aliphatic heterocycles. The largest absolute Gasteiger partial charge is 0.493 e. The van der Waals surface area contributed by atoms with Gasteiger partial charge in [0.15, 0.2) is 11.5 Å². The molecular weight excluding hydrogens is 270 g/mol. The van der Waals surface area contributed by atoms with Crippen LogP contribution in [0.4, 0.5) is 5.69 Å². The number of aromatic nitrogens is 2. The second-order valence-corrected chi connectivity index (χ2v) is 5.10. The lowest BCUT2D eigenvalue weighted by atomic mass is 10.2. The number of nitrogen functional groups attached to an aromatic ring is 1. The molecular formula is C15H19N3O3. The zero-order valence-electron chi connectivity index (χ0n) is 12.4. The molecule has 112 valence electrons.